The van der Waals surface area contributed by atoms with E-state index in [1.54, 1.807) is 36.4 Å². The van der Waals surface area contributed by atoms with Crippen molar-refractivity contribution in [2.75, 3.05) is 5.90 Å². The molecule has 0 aliphatic heterocycles. The molecule has 0 spiro atoms. The maximum absolute atomic E-state index is 13.5. The van der Waals surface area contributed by atoms with Crippen molar-refractivity contribution in [1.82, 2.24) is 0 Å². The van der Waals surface area contributed by atoms with Crippen LogP contribution >= 0.6 is 15.6 Å². The van der Waals surface area contributed by atoms with E-state index < -0.39 is 15.6 Å². The van der Waals surface area contributed by atoms with Gasteiger partial charge in [0, 0.05) is 0 Å². The number of hydrogen-bond acceptors (Lipinski definition) is 5. The van der Waals surface area contributed by atoms with Crippen LogP contribution in [0.5, 0.6) is 17.2 Å². The second-order valence-electron chi connectivity index (χ2n) is 6.80. The second kappa shape index (κ2) is 9.26. The third kappa shape index (κ3) is 6.45. The van der Waals surface area contributed by atoms with Crippen LogP contribution < -0.4 is 13.6 Å². The lowest BCUT2D eigenvalue weighted by Gasteiger charge is -2.16. The molecule has 29 heavy (non-hydrogen) atoms. The zero-order valence-electron chi connectivity index (χ0n) is 16.6. The smallest absolute Gasteiger partial charge is 0.413 e. The van der Waals surface area contributed by atoms with Crippen molar-refractivity contribution in [3.8, 4) is 17.2 Å². The first-order chi connectivity index (χ1) is 13.8. The van der Waals surface area contributed by atoms with Crippen molar-refractivity contribution < 1.29 is 22.7 Å². The van der Waals surface area contributed by atoms with Crippen LogP contribution in [-0.2, 0) is 9.13 Å². The summed E-state index contributed by atoms with van der Waals surface area (Å²) in [5, 5.41) is 0. The molecule has 150 valence electrons. The molecule has 0 aromatic heterocycles. The zero-order valence-corrected chi connectivity index (χ0v) is 18.4. The van der Waals surface area contributed by atoms with Crippen molar-refractivity contribution in [3.63, 3.8) is 0 Å². The number of rotatable bonds is 8. The molecule has 0 heterocycles. The highest BCUT2D eigenvalue weighted by Gasteiger charge is 2.41. The Kier molecular flexibility index (Phi) is 6.74. The SMILES string of the molecule is Cc1ccc(O[P+](=O)CP(=O)(Oc2ccc(C)cc2)Oc2ccc(C)cc2)cc1. The van der Waals surface area contributed by atoms with E-state index in [0.29, 0.717) is 17.2 Å². The van der Waals surface area contributed by atoms with E-state index >= 15 is 0 Å². The van der Waals surface area contributed by atoms with E-state index in [1.165, 1.54) is 0 Å². The minimum absolute atomic E-state index is 0.377. The average molecular weight is 429 g/mol. The first-order valence-electron chi connectivity index (χ1n) is 9.12. The molecule has 5 nitrogen and oxygen atoms in total. The highest BCUT2D eigenvalue weighted by atomic mass is 31.2. The van der Waals surface area contributed by atoms with Gasteiger partial charge in [-0.15, -0.1) is 0 Å². The van der Waals surface area contributed by atoms with Crippen LogP contribution in [0.25, 0.3) is 0 Å². The maximum atomic E-state index is 13.5. The molecule has 0 saturated heterocycles. The molecule has 1 atom stereocenters. The van der Waals surface area contributed by atoms with Gasteiger partial charge in [0.1, 0.15) is 11.5 Å². The Hall–Kier alpha value is -2.61. The molecule has 0 aliphatic rings. The van der Waals surface area contributed by atoms with Gasteiger partial charge in [-0.2, -0.15) is 0 Å². The third-order valence-corrected chi connectivity index (χ3v) is 7.75. The molecule has 0 N–H and O–H groups in total. The zero-order chi connectivity index (χ0) is 20.9. The fraction of sp³-hybridized carbons (Fsp3) is 0.182. The van der Waals surface area contributed by atoms with Crippen LogP contribution in [0.2, 0.25) is 0 Å². The molecule has 0 amide bonds. The number of aryl methyl sites for hydroxylation is 3. The maximum Gasteiger partial charge on any atom is 0.571 e. The topological polar surface area (TPSA) is 61.8 Å². The Morgan fingerprint density at radius 1 is 0.655 bits per heavy atom. The minimum Gasteiger partial charge on any atom is -0.413 e. The molecule has 7 heteroatoms. The molecular formula is C22H23O5P2+. The van der Waals surface area contributed by atoms with Gasteiger partial charge in [-0.1, -0.05) is 53.1 Å². The molecule has 1 unspecified atom stereocenters. The van der Waals surface area contributed by atoms with Gasteiger partial charge < -0.3 is 9.05 Å². The van der Waals surface area contributed by atoms with Gasteiger partial charge in [0.25, 0.3) is 0 Å². The monoisotopic (exact) mass is 429 g/mol. The van der Waals surface area contributed by atoms with Crippen molar-refractivity contribution in [2.45, 2.75) is 20.8 Å². The third-order valence-electron chi connectivity index (χ3n) is 4.05. The summed E-state index contributed by atoms with van der Waals surface area (Å²) < 4.78 is 42.9. The Morgan fingerprint density at radius 2 is 1.00 bits per heavy atom. The predicted molar refractivity (Wildman–Crippen MR) is 116 cm³/mol. The van der Waals surface area contributed by atoms with E-state index in [9.17, 15) is 9.13 Å². The summed E-state index contributed by atoms with van der Waals surface area (Å²) in [5.74, 6) is 0.821. The van der Waals surface area contributed by atoms with E-state index in [2.05, 4.69) is 0 Å². The van der Waals surface area contributed by atoms with Crippen LogP contribution in [0, 0.1) is 20.8 Å². The highest BCUT2D eigenvalue weighted by Crippen LogP contribution is 2.54. The summed E-state index contributed by atoms with van der Waals surface area (Å²) in [7, 11) is -6.13. The summed E-state index contributed by atoms with van der Waals surface area (Å²) in [5.41, 5.74) is 3.14. The van der Waals surface area contributed by atoms with Crippen LogP contribution in [0.4, 0.5) is 0 Å². The van der Waals surface area contributed by atoms with Gasteiger partial charge in [-0.25, -0.2) is 4.57 Å². The van der Waals surface area contributed by atoms with Gasteiger partial charge in [0.2, 0.25) is 0 Å². The summed E-state index contributed by atoms with van der Waals surface area (Å²) >= 11 is 0. The average Bonchev–Trinajstić information content (AvgIpc) is 2.67. The molecular weight excluding hydrogens is 406 g/mol. The number of hydrogen-bond donors (Lipinski definition) is 0. The van der Waals surface area contributed by atoms with Crippen LogP contribution in [0.1, 0.15) is 16.7 Å². The van der Waals surface area contributed by atoms with Crippen LogP contribution in [0.15, 0.2) is 72.8 Å². The fourth-order valence-corrected chi connectivity index (χ4v) is 5.59. The van der Waals surface area contributed by atoms with Gasteiger partial charge in [0.15, 0.2) is 5.75 Å². The van der Waals surface area contributed by atoms with Crippen molar-refractivity contribution in [2.24, 2.45) is 0 Å². The summed E-state index contributed by atoms with van der Waals surface area (Å²) in [6, 6.07) is 21.3. The van der Waals surface area contributed by atoms with Gasteiger partial charge in [-0.05, 0) is 61.7 Å². The van der Waals surface area contributed by atoms with Crippen LogP contribution in [-0.4, -0.2) is 5.90 Å². The Balaban J connectivity index is 1.79. The van der Waals surface area contributed by atoms with Gasteiger partial charge in [-0.3, -0.25) is 4.52 Å². The van der Waals surface area contributed by atoms with Crippen molar-refractivity contribution in [3.05, 3.63) is 89.5 Å². The summed E-state index contributed by atoms with van der Waals surface area (Å²) in [6.45, 7) is 5.83. The van der Waals surface area contributed by atoms with E-state index in [1.807, 2.05) is 57.2 Å². The second-order valence-corrected chi connectivity index (χ2v) is 10.4. The van der Waals surface area contributed by atoms with E-state index in [0.717, 1.165) is 16.7 Å². The van der Waals surface area contributed by atoms with Gasteiger partial charge in [0.05, 0.1) is 0 Å². The van der Waals surface area contributed by atoms with Crippen molar-refractivity contribution in [1.29, 1.82) is 0 Å². The molecule has 0 aliphatic carbocycles. The Bertz CT molecular complexity index is 961. The lowest BCUT2D eigenvalue weighted by Crippen LogP contribution is -2.04. The summed E-state index contributed by atoms with van der Waals surface area (Å²) in [4.78, 5) is 0. The molecule has 3 aromatic carbocycles. The highest BCUT2D eigenvalue weighted by molar-refractivity contribution is 7.66. The molecule has 3 rings (SSSR count). The fourth-order valence-electron chi connectivity index (χ4n) is 2.48. The van der Waals surface area contributed by atoms with Crippen LogP contribution in [0.3, 0.4) is 0 Å². The largest absolute Gasteiger partial charge is 0.571 e. The first-order valence-corrected chi connectivity index (χ1v) is 12.2. The Labute approximate surface area is 172 Å². The lowest BCUT2D eigenvalue weighted by molar-refractivity contribution is 0.389. The molecule has 3 aromatic rings. The standard InChI is InChI=1S/C22H23O5P2/c1-17-4-10-20(11-5-17)25-28(23)16-29(24,26-21-12-6-18(2)7-13-21)27-22-14-8-19(3)9-15-22/h4-15H,16H2,1-3H3/q+1. The molecule has 0 fully saturated rings. The Morgan fingerprint density at radius 3 is 1.38 bits per heavy atom. The van der Waals surface area contributed by atoms with E-state index in [4.69, 9.17) is 13.6 Å². The van der Waals surface area contributed by atoms with Crippen molar-refractivity contribution >= 4 is 15.6 Å². The van der Waals surface area contributed by atoms with Gasteiger partial charge >= 0.3 is 21.5 Å². The lowest BCUT2D eigenvalue weighted by atomic mass is 10.2. The predicted octanol–water partition coefficient (Wildman–Crippen LogP) is 7.04. The summed E-state index contributed by atoms with van der Waals surface area (Å²) in [6.07, 6.45) is 0. The molecule has 0 saturated carbocycles. The quantitative estimate of drug-likeness (QED) is 0.359. The normalized spacial score (nSPS) is 11.6. The van der Waals surface area contributed by atoms with E-state index in [-0.39, 0.29) is 5.90 Å². The minimum atomic E-state index is -3.80. The molecule has 0 radical (unpaired) electrons. The number of benzene rings is 3. The molecule has 0 bridgehead atoms. The first kappa shape index (κ1) is 21.1.